The Bertz CT molecular complexity index is 96.9. The Hall–Kier alpha value is -0.300. The summed E-state index contributed by atoms with van der Waals surface area (Å²) in [5, 5.41) is 0. The lowest BCUT2D eigenvalue weighted by Crippen LogP contribution is -2.10. The molecule has 0 N–H and O–H groups in total. The topological polar surface area (TPSA) is 9.23 Å². The SMILES string of the molecule is C=C(C)C(CCCC)OC. The van der Waals surface area contributed by atoms with Gasteiger partial charge in [0.2, 0.25) is 0 Å². The molecule has 0 aromatic heterocycles. The maximum absolute atomic E-state index is 5.21. The van der Waals surface area contributed by atoms with E-state index in [9.17, 15) is 0 Å². The summed E-state index contributed by atoms with van der Waals surface area (Å²) in [7, 11) is 1.75. The van der Waals surface area contributed by atoms with Crippen LogP contribution in [0.15, 0.2) is 12.2 Å². The maximum atomic E-state index is 5.21. The van der Waals surface area contributed by atoms with Gasteiger partial charge in [-0.15, -0.1) is 0 Å². The van der Waals surface area contributed by atoms with E-state index in [2.05, 4.69) is 13.5 Å². The van der Waals surface area contributed by atoms with Crippen molar-refractivity contribution in [3.63, 3.8) is 0 Å². The number of hydrogen-bond donors (Lipinski definition) is 0. The number of ether oxygens (including phenoxy) is 1. The first-order valence-corrected chi connectivity index (χ1v) is 3.90. The Labute approximate surface area is 64.1 Å². The fraction of sp³-hybridized carbons (Fsp3) is 0.778. The number of rotatable bonds is 5. The minimum atomic E-state index is 0.278. The van der Waals surface area contributed by atoms with E-state index >= 15 is 0 Å². The lowest BCUT2D eigenvalue weighted by Gasteiger charge is -2.13. The molecule has 0 heterocycles. The molecule has 1 nitrogen and oxygen atoms in total. The van der Waals surface area contributed by atoms with E-state index < -0.39 is 0 Å². The molecule has 0 aliphatic heterocycles. The molecule has 60 valence electrons. The van der Waals surface area contributed by atoms with Gasteiger partial charge < -0.3 is 4.74 Å². The van der Waals surface area contributed by atoms with E-state index in [4.69, 9.17) is 4.74 Å². The average molecular weight is 142 g/mol. The fourth-order valence-corrected chi connectivity index (χ4v) is 0.955. The summed E-state index contributed by atoms with van der Waals surface area (Å²) in [4.78, 5) is 0. The third-order valence-electron chi connectivity index (χ3n) is 1.65. The van der Waals surface area contributed by atoms with Crippen molar-refractivity contribution in [3.05, 3.63) is 12.2 Å². The van der Waals surface area contributed by atoms with Gasteiger partial charge in [0, 0.05) is 7.11 Å². The van der Waals surface area contributed by atoms with Crippen LogP contribution in [-0.4, -0.2) is 13.2 Å². The fourth-order valence-electron chi connectivity index (χ4n) is 0.955. The van der Waals surface area contributed by atoms with E-state index in [1.165, 1.54) is 12.8 Å². The van der Waals surface area contributed by atoms with E-state index in [0.29, 0.717) is 0 Å². The summed E-state index contributed by atoms with van der Waals surface area (Å²) < 4.78 is 5.21. The van der Waals surface area contributed by atoms with Crippen LogP contribution in [-0.2, 0) is 4.74 Å². The van der Waals surface area contributed by atoms with Crippen molar-refractivity contribution in [3.8, 4) is 0 Å². The summed E-state index contributed by atoms with van der Waals surface area (Å²) in [6.45, 7) is 8.06. The molecule has 0 fully saturated rings. The zero-order valence-electron chi connectivity index (χ0n) is 7.31. The van der Waals surface area contributed by atoms with Crippen molar-refractivity contribution in [1.82, 2.24) is 0 Å². The van der Waals surface area contributed by atoms with Gasteiger partial charge in [-0.25, -0.2) is 0 Å². The van der Waals surface area contributed by atoms with Crippen LogP contribution in [0.25, 0.3) is 0 Å². The van der Waals surface area contributed by atoms with Crippen molar-refractivity contribution < 1.29 is 4.74 Å². The van der Waals surface area contributed by atoms with Crippen molar-refractivity contribution in [2.75, 3.05) is 7.11 Å². The molecule has 0 amide bonds. The quantitative estimate of drug-likeness (QED) is 0.536. The standard InChI is InChI=1S/C9H18O/c1-5-6-7-9(10-4)8(2)3/h9H,2,5-7H2,1,3-4H3. The first-order valence-electron chi connectivity index (χ1n) is 3.90. The first kappa shape index (κ1) is 9.70. The third-order valence-corrected chi connectivity index (χ3v) is 1.65. The minimum absolute atomic E-state index is 0.278. The highest BCUT2D eigenvalue weighted by Crippen LogP contribution is 2.10. The van der Waals surface area contributed by atoms with Crippen molar-refractivity contribution >= 4 is 0 Å². The zero-order valence-corrected chi connectivity index (χ0v) is 7.31. The number of hydrogen-bond acceptors (Lipinski definition) is 1. The van der Waals surface area contributed by atoms with Gasteiger partial charge in [0.25, 0.3) is 0 Å². The average Bonchev–Trinajstić information content (AvgIpc) is 1.89. The molecule has 1 atom stereocenters. The van der Waals surface area contributed by atoms with Gasteiger partial charge in [0.15, 0.2) is 0 Å². The molecule has 0 aliphatic rings. The van der Waals surface area contributed by atoms with E-state index in [1.807, 2.05) is 6.92 Å². The maximum Gasteiger partial charge on any atom is 0.0775 e. The summed E-state index contributed by atoms with van der Waals surface area (Å²) >= 11 is 0. The second-order valence-corrected chi connectivity index (χ2v) is 2.71. The monoisotopic (exact) mass is 142 g/mol. The normalized spacial score (nSPS) is 13.1. The van der Waals surface area contributed by atoms with Gasteiger partial charge in [0.05, 0.1) is 6.10 Å². The molecule has 1 unspecified atom stereocenters. The predicted molar refractivity (Wildman–Crippen MR) is 45.1 cm³/mol. The van der Waals surface area contributed by atoms with Gasteiger partial charge in [0.1, 0.15) is 0 Å². The number of methoxy groups -OCH3 is 1. The van der Waals surface area contributed by atoms with Crippen LogP contribution in [0.3, 0.4) is 0 Å². The van der Waals surface area contributed by atoms with Crippen LogP contribution in [0, 0.1) is 0 Å². The van der Waals surface area contributed by atoms with Crippen LogP contribution in [0.4, 0.5) is 0 Å². The van der Waals surface area contributed by atoms with E-state index in [-0.39, 0.29) is 6.10 Å². The molecule has 10 heavy (non-hydrogen) atoms. The Morgan fingerprint density at radius 3 is 2.50 bits per heavy atom. The Balaban J connectivity index is 3.50. The van der Waals surface area contributed by atoms with Gasteiger partial charge in [-0.1, -0.05) is 31.9 Å². The molecule has 0 aliphatic carbocycles. The highest BCUT2D eigenvalue weighted by atomic mass is 16.5. The van der Waals surface area contributed by atoms with E-state index in [0.717, 1.165) is 12.0 Å². The summed E-state index contributed by atoms with van der Waals surface area (Å²) in [5.41, 5.74) is 1.14. The van der Waals surface area contributed by atoms with Crippen molar-refractivity contribution in [2.24, 2.45) is 0 Å². The predicted octanol–water partition coefficient (Wildman–Crippen LogP) is 2.77. The summed E-state index contributed by atoms with van der Waals surface area (Å²) in [6.07, 6.45) is 3.85. The highest BCUT2D eigenvalue weighted by Gasteiger charge is 2.05. The first-order chi connectivity index (χ1) is 4.72. The van der Waals surface area contributed by atoms with Crippen molar-refractivity contribution in [1.29, 1.82) is 0 Å². The third kappa shape index (κ3) is 3.67. The molecule has 0 saturated carbocycles. The van der Waals surface area contributed by atoms with Crippen LogP contribution in [0.2, 0.25) is 0 Å². The molecular formula is C9H18O. The van der Waals surface area contributed by atoms with Crippen LogP contribution >= 0.6 is 0 Å². The van der Waals surface area contributed by atoms with Gasteiger partial charge in [-0.05, 0) is 13.3 Å². The molecule has 1 heteroatoms. The number of unbranched alkanes of at least 4 members (excludes halogenated alkanes) is 1. The molecular weight excluding hydrogens is 124 g/mol. The highest BCUT2D eigenvalue weighted by molar-refractivity contribution is 4.97. The second-order valence-electron chi connectivity index (χ2n) is 2.71. The lowest BCUT2D eigenvalue weighted by molar-refractivity contribution is 0.122. The van der Waals surface area contributed by atoms with Gasteiger partial charge in [-0.2, -0.15) is 0 Å². The molecule has 0 aromatic carbocycles. The molecule has 0 radical (unpaired) electrons. The molecule has 0 spiro atoms. The summed E-state index contributed by atoms with van der Waals surface area (Å²) in [5.74, 6) is 0. The second kappa shape index (κ2) is 5.48. The Morgan fingerprint density at radius 1 is 1.60 bits per heavy atom. The molecule has 0 aromatic rings. The minimum Gasteiger partial charge on any atom is -0.377 e. The Morgan fingerprint density at radius 2 is 2.20 bits per heavy atom. The molecule has 0 saturated heterocycles. The lowest BCUT2D eigenvalue weighted by atomic mass is 10.1. The zero-order chi connectivity index (χ0) is 7.98. The van der Waals surface area contributed by atoms with Crippen LogP contribution in [0.1, 0.15) is 33.1 Å². The Kier molecular flexibility index (Phi) is 5.32. The smallest absolute Gasteiger partial charge is 0.0775 e. The summed E-state index contributed by atoms with van der Waals surface area (Å²) in [6, 6.07) is 0. The van der Waals surface area contributed by atoms with Gasteiger partial charge >= 0.3 is 0 Å². The van der Waals surface area contributed by atoms with Crippen LogP contribution < -0.4 is 0 Å². The molecule has 0 rings (SSSR count). The molecule has 0 bridgehead atoms. The largest absolute Gasteiger partial charge is 0.377 e. The van der Waals surface area contributed by atoms with Crippen molar-refractivity contribution in [2.45, 2.75) is 39.2 Å². The van der Waals surface area contributed by atoms with E-state index in [1.54, 1.807) is 7.11 Å². The van der Waals surface area contributed by atoms with Crippen LogP contribution in [0.5, 0.6) is 0 Å². The van der Waals surface area contributed by atoms with Gasteiger partial charge in [-0.3, -0.25) is 0 Å².